The number of halogens is 1. The van der Waals surface area contributed by atoms with Crippen LogP contribution in [-0.4, -0.2) is 78.6 Å². The van der Waals surface area contributed by atoms with E-state index in [1.807, 2.05) is 0 Å². The molecule has 21 heavy (non-hydrogen) atoms. The Hall–Kier alpha value is -0.850. The van der Waals surface area contributed by atoms with Crippen molar-refractivity contribution in [3.8, 4) is 5.75 Å². The van der Waals surface area contributed by atoms with Gasteiger partial charge in [0.1, 0.15) is 18.5 Å². The number of rotatable bonds is 7. The summed E-state index contributed by atoms with van der Waals surface area (Å²) in [6, 6.07) is 7.12. The van der Waals surface area contributed by atoms with E-state index >= 15 is 0 Å². The van der Waals surface area contributed by atoms with Crippen LogP contribution >= 0.6 is 11.6 Å². The van der Waals surface area contributed by atoms with E-state index in [1.54, 1.807) is 24.3 Å². The Morgan fingerprint density at radius 1 is 1.10 bits per heavy atom. The van der Waals surface area contributed by atoms with Crippen LogP contribution in [0, 0.1) is 0 Å². The predicted octanol–water partition coefficient (Wildman–Crippen LogP) is 0.690. The molecule has 0 amide bonds. The van der Waals surface area contributed by atoms with Gasteiger partial charge in [-0.15, -0.1) is 0 Å². The summed E-state index contributed by atoms with van der Waals surface area (Å²) in [4.78, 5) is 4.46. The van der Waals surface area contributed by atoms with E-state index in [0.717, 1.165) is 32.7 Å². The molecule has 1 atom stereocenters. The summed E-state index contributed by atoms with van der Waals surface area (Å²) < 4.78 is 5.55. The first-order valence-electron chi connectivity index (χ1n) is 7.29. The molecule has 1 saturated heterocycles. The van der Waals surface area contributed by atoms with E-state index in [0.29, 0.717) is 17.3 Å². The smallest absolute Gasteiger partial charge is 0.119 e. The Balaban J connectivity index is 1.65. The van der Waals surface area contributed by atoms with Crippen molar-refractivity contribution in [2.75, 3.05) is 52.5 Å². The van der Waals surface area contributed by atoms with Crippen molar-refractivity contribution in [1.82, 2.24) is 9.80 Å². The lowest BCUT2D eigenvalue weighted by Gasteiger charge is -2.35. The quantitative estimate of drug-likeness (QED) is 0.775. The molecule has 118 valence electrons. The van der Waals surface area contributed by atoms with Crippen LogP contribution in [0.4, 0.5) is 0 Å². The average Bonchev–Trinajstić information content (AvgIpc) is 2.49. The van der Waals surface area contributed by atoms with E-state index in [2.05, 4.69) is 9.80 Å². The Bertz CT molecular complexity index is 408. The summed E-state index contributed by atoms with van der Waals surface area (Å²) in [5.74, 6) is 0.714. The molecule has 6 heteroatoms. The molecule has 1 aromatic carbocycles. The zero-order valence-corrected chi connectivity index (χ0v) is 12.9. The lowest BCUT2D eigenvalue weighted by Crippen LogP contribution is -2.49. The van der Waals surface area contributed by atoms with Crippen LogP contribution < -0.4 is 4.74 Å². The molecule has 1 aliphatic heterocycles. The van der Waals surface area contributed by atoms with Gasteiger partial charge in [-0.3, -0.25) is 9.80 Å². The van der Waals surface area contributed by atoms with E-state index in [4.69, 9.17) is 21.4 Å². The Morgan fingerprint density at radius 2 is 1.71 bits per heavy atom. The molecular formula is C15H23ClN2O3. The highest BCUT2D eigenvalue weighted by molar-refractivity contribution is 6.30. The molecule has 1 aromatic rings. The van der Waals surface area contributed by atoms with Gasteiger partial charge >= 0.3 is 0 Å². The summed E-state index contributed by atoms with van der Waals surface area (Å²) in [6.45, 7) is 5.53. The maximum absolute atomic E-state index is 10.0. The van der Waals surface area contributed by atoms with Crippen LogP contribution in [0.15, 0.2) is 24.3 Å². The fourth-order valence-electron chi connectivity index (χ4n) is 2.41. The molecule has 0 aromatic heterocycles. The Morgan fingerprint density at radius 3 is 2.33 bits per heavy atom. The number of hydrogen-bond acceptors (Lipinski definition) is 5. The number of piperazine rings is 1. The third-order valence-electron chi connectivity index (χ3n) is 3.61. The van der Waals surface area contributed by atoms with E-state index in [-0.39, 0.29) is 13.2 Å². The first kappa shape index (κ1) is 16.5. The molecule has 2 rings (SSSR count). The lowest BCUT2D eigenvalue weighted by molar-refractivity contribution is 0.0428. The molecule has 0 aliphatic carbocycles. The summed E-state index contributed by atoms with van der Waals surface area (Å²) in [6.07, 6.45) is -0.509. The van der Waals surface area contributed by atoms with Gasteiger partial charge in [0.25, 0.3) is 0 Å². The van der Waals surface area contributed by atoms with E-state index < -0.39 is 6.10 Å². The Kier molecular flexibility index (Phi) is 6.73. The van der Waals surface area contributed by atoms with Crippen LogP contribution in [-0.2, 0) is 0 Å². The summed E-state index contributed by atoms with van der Waals surface area (Å²) in [7, 11) is 0. The van der Waals surface area contributed by atoms with Gasteiger partial charge in [0.15, 0.2) is 0 Å². The SMILES string of the molecule is OCCN1CCN(C[C@H](O)COc2ccc(Cl)cc2)CC1. The number of benzene rings is 1. The number of aliphatic hydroxyl groups excluding tert-OH is 2. The molecular weight excluding hydrogens is 292 g/mol. The van der Waals surface area contributed by atoms with Crippen molar-refractivity contribution in [2.45, 2.75) is 6.10 Å². The lowest BCUT2D eigenvalue weighted by atomic mass is 10.2. The monoisotopic (exact) mass is 314 g/mol. The molecule has 2 N–H and O–H groups in total. The fourth-order valence-corrected chi connectivity index (χ4v) is 2.54. The van der Waals surface area contributed by atoms with E-state index in [9.17, 15) is 5.11 Å². The van der Waals surface area contributed by atoms with Crippen molar-refractivity contribution in [1.29, 1.82) is 0 Å². The number of nitrogens with zero attached hydrogens (tertiary/aromatic N) is 2. The van der Waals surface area contributed by atoms with Crippen LogP contribution in [0.5, 0.6) is 5.75 Å². The van der Waals surface area contributed by atoms with Gasteiger partial charge in [-0.05, 0) is 24.3 Å². The predicted molar refractivity (Wildman–Crippen MR) is 82.9 cm³/mol. The topological polar surface area (TPSA) is 56.2 Å². The second kappa shape index (κ2) is 8.56. The zero-order chi connectivity index (χ0) is 15.1. The van der Waals surface area contributed by atoms with Crippen molar-refractivity contribution >= 4 is 11.6 Å². The van der Waals surface area contributed by atoms with Gasteiger partial charge in [0, 0.05) is 44.3 Å². The highest BCUT2D eigenvalue weighted by Gasteiger charge is 2.18. The minimum Gasteiger partial charge on any atom is -0.491 e. The first-order chi connectivity index (χ1) is 10.2. The zero-order valence-electron chi connectivity index (χ0n) is 12.1. The van der Waals surface area contributed by atoms with Crippen LogP contribution in [0.25, 0.3) is 0 Å². The highest BCUT2D eigenvalue weighted by atomic mass is 35.5. The molecule has 0 radical (unpaired) electrons. The third kappa shape index (κ3) is 5.80. The molecule has 0 bridgehead atoms. The molecule has 5 nitrogen and oxygen atoms in total. The molecule has 1 aliphatic rings. The van der Waals surface area contributed by atoms with Crippen LogP contribution in [0.2, 0.25) is 5.02 Å². The van der Waals surface area contributed by atoms with Crippen molar-refractivity contribution in [3.63, 3.8) is 0 Å². The van der Waals surface area contributed by atoms with Crippen molar-refractivity contribution in [3.05, 3.63) is 29.3 Å². The first-order valence-corrected chi connectivity index (χ1v) is 7.67. The molecule has 0 unspecified atom stereocenters. The summed E-state index contributed by atoms with van der Waals surface area (Å²) in [5.41, 5.74) is 0. The number of aliphatic hydroxyl groups is 2. The van der Waals surface area contributed by atoms with Crippen molar-refractivity contribution in [2.24, 2.45) is 0 Å². The second-order valence-electron chi connectivity index (χ2n) is 5.28. The van der Waals surface area contributed by atoms with Gasteiger partial charge in [-0.2, -0.15) is 0 Å². The molecule has 0 saturated carbocycles. The summed E-state index contributed by atoms with van der Waals surface area (Å²) >= 11 is 5.81. The number of hydrogen-bond donors (Lipinski definition) is 2. The molecule has 1 fully saturated rings. The van der Waals surface area contributed by atoms with Gasteiger partial charge in [-0.25, -0.2) is 0 Å². The average molecular weight is 315 g/mol. The summed E-state index contributed by atoms with van der Waals surface area (Å²) in [5, 5.41) is 19.6. The number of β-amino-alcohol motifs (C(OH)–C–C–N with tert-alkyl or cyclic N) is 2. The van der Waals surface area contributed by atoms with Crippen molar-refractivity contribution < 1.29 is 14.9 Å². The largest absolute Gasteiger partial charge is 0.491 e. The molecule has 1 heterocycles. The van der Waals surface area contributed by atoms with Crippen LogP contribution in [0.1, 0.15) is 0 Å². The molecule has 0 spiro atoms. The third-order valence-corrected chi connectivity index (χ3v) is 3.86. The van der Waals surface area contributed by atoms with E-state index in [1.165, 1.54) is 0 Å². The minimum absolute atomic E-state index is 0.206. The standard InChI is InChI=1S/C15H23ClN2O3/c16-13-1-3-15(4-2-13)21-12-14(20)11-18-7-5-17(6-8-18)9-10-19/h1-4,14,19-20H,5-12H2/t14-/m0/s1. The maximum Gasteiger partial charge on any atom is 0.119 e. The Labute approximate surface area is 130 Å². The van der Waals surface area contributed by atoms with Gasteiger partial charge in [0.2, 0.25) is 0 Å². The second-order valence-corrected chi connectivity index (χ2v) is 5.72. The van der Waals surface area contributed by atoms with Gasteiger partial charge in [-0.1, -0.05) is 11.6 Å². The fraction of sp³-hybridized carbons (Fsp3) is 0.600. The minimum atomic E-state index is -0.509. The van der Waals surface area contributed by atoms with Gasteiger partial charge < -0.3 is 14.9 Å². The maximum atomic E-state index is 10.0. The number of ether oxygens (including phenoxy) is 1. The van der Waals surface area contributed by atoms with Crippen LogP contribution in [0.3, 0.4) is 0 Å². The van der Waals surface area contributed by atoms with Gasteiger partial charge in [0.05, 0.1) is 6.61 Å². The highest BCUT2D eigenvalue weighted by Crippen LogP contribution is 2.15. The normalized spacial score (nSPS) is 18.6.